The molecular formula is C16H15ClO3. The Morgan fingerprint density at radius 3 is 2.70 bits per heavy atom. The zero-order chi connectivity index (χ0) is 14.5. The van der Waals surface area contributed by atoms with Crippen molar-refractivity contribution in [1.82, 2.24) is 0 Å². The van der Waals surface area contributed by atoms with E-state index in [1.807, 2.05) is 31.2 Å². The van der Waals surface area contributed by atoms with Gasteiger partial charge in [0.15, 0.2) is 0 Å². The Labute approximate surface area is 122 Å². The van der Waals surface area contributed by atoms with Gasteiger partial charge in [0.05, 0.1) is 17.2 Å². The van der Waals surface area contributed by atoms with Crippen LogP contribution in [-0.2, 0) is 0 Å². The molecule has 0 spiro atoms. The minimum absolute atomic E-state index is 0.0921. The van der Waals surface area contributed by atoms with E-state index in [-0.39, 0.29) is 10.6 Å². The Balaban J connectivity index is 2.46. The maximum Gasteiger partial charge on any atom is 0.337 e. The summed E-state index contributed by atoms with van der Waals surface area (Å²) in [6.07, 6.45) is 0.912. The monoisotopic (exact) mass is 290 g/mol. The molecule has 0 aliphatic carbocycles. The molecule has 0 bridgehead atoms. The van der Waals surface area contributed by atoms with Gasteiger partial charge in [-0.3, -0.25) is 0 Å². The van der Waals surface area contributed by atoms with E-state index in [1.54, 1.807) is 18.2 Å². The second-order valence-electron chi connectivity index (χ2n) is 4.34. The third-order valence-corrected chi connectivity index (χ3v) is 3.19. The van der Waals surface area contributed by atoms with Gasteiger partial charge in [-0.2, -0.15) is 0 Å². The Hall–Kier alpha value is -2.00. The summed E-state index contributed by atoms with van der Waals surface area (Å²) < 4.78 is 5.69. The molecule has 0 fully saturated rings. The van der Waals surface area contributed by atoms with Crippen molar-refractivity contribution in [3.63, 3.8) is 0 Å². The van der Waals surface area contributed by atoms with Crippen LogP contribution >= 0.6 is 11.6 Å². The smallest absolute Gasteiger partial charge is 0.337 e. The van der Waals surface area contributed by atoms with Crippen LogP contribution in [0.1, 0.15) is 23.7 Å². The highest BCUT2D eigenvalue weighted by Gasteiger charge is 2.12. The Morgan fingerprint density at radius 1 is 1.25 bits per heavy atom. The van der Waals surface area contributed by atoms with Gasteiger partial charge in [0, 0.05) is 5.56 Å². The standard InChI is InChI=1S/C16H15ClO3/c1-2-9-20-15-6-4-3-5-12(15)11-7-8-14(17)13(10-11)16(18)19/h3-8,10H,2,9H2,1H3,(H,18,19). The molecule has 0 aliphatic heterocycles. The molecule has 0 radical (unpaired) electrons. The second-order valence-corrected chi connectivity index (χ2v) is 4.75. The molecule has 20 heavy (non-hydrogen) atoms. The number of carboxylic acid groups (broad SMARTS) is 1. The van der Waals surface area contributed by atoms with Crippen molar-refractivity contribution < 1.29 is 14.6 Å². The number of rotatable bonds is 5. The van der Waals surface area contributed by atoms with Crippen molar-refractivity contribution in [3.05, 3.63) is 53.1 Å². The van der Waals surface area contributed by atoms with E-state index < -0.39 is 5.97 Å². The minimum Gasteiger partial charge on any atom is -0.493 e. The number of benzene rings is 2. The molecular weight excluding hydrogens is 276 g/mol. The summed E-state index contributed by atoms with van der Waals surface area (Å²) >= 11 is 5.89. The molecule has 2 aromatic carbocycles. The third-order valence-electron chi connectivity index (χ3n) is 2.86. The second kappa shape index (κ2) is 6.44. The van der Waals surface area contributed by atoms with E-state index in [9.17, 15) is 4.79 Å². The van der Waals surface area contributed by atoms with E-state index >= 15 is 0 Å². The van der Waals surface area contributed by atoms with Crippen LogP contribution in [0.5, 0.6) is 5.75 Å². The highest BCUT2D eigenvalue weighted by molar-refractivity contribution is 6.33. The molecule has 0 heterocycles. The van der Waals surface area contributed by atoms with Crippen LogP contribution in [0.15, 0.2) is 42.5 Å². The largest absolute Gasteiger partial charge is 0.493 e. The highest BCUT2D eigenvalue weighted by Crippen LogP contribution is 2.32. The zero-order valence-electron chi connectivity index (χ0n) is 11.1. The lowest BCUT2D eigenvalue weighted by Crippen LogP contribution is -1.99. The fourth-order valence-corrected chi connectivity index (χ4v) is 2.10. The molecule has 0 aliphatic rings. The molecule has 4 heteroatoms. The number of hydrogen-bond acceptors (Lipinski definition) is 2. The summed E-state index contributed by atoms with van der Waals surface area (Å²) in [6.45, 7) is 2.66. The van der Waals surface area contributed by atoms with Crippen molar-refractivity contribution in [1.29, 1.82) is 0 Å². The summed E-state index contributed by atoms with van der Waals surface area (Å²) in [5.74, 6) is -0.295. The normalized spacial score (nSPS) is 10.3. The first-order valence-corrected chi connectivity index (χ1v) is 6.76. The minimum atomic E-state index is -1.04. The molecule has 3 nitrogen and oxygen atoms in total. The molecule has 2 rings (SSSR count). The SMILES string of the molecule is CCCOc1ccccc1-c1ccc(Cl)c(C(=O)O)c1. The molecule has 0 aromatic heterocycles. The van der Waals surface area contributed by atoms with Crippen molar-refractivity contribution in [2.24, 2.45) is 0 Å². The van der Waals surface area contributed by atoms with Gasteiger partial charge in [0.1, 0.15) is 5.75 Å². The highest BCUT2D eigenvalue weighted by atomic mass is 35.5. The van der Waals surface area contributed by atoms with Gasteiger partial charge in [0.2, 0.25) is 0 Å². The Kier molecular flexibility index (Phi) is 4.64. The number of carboxylic acids is 1. The van der Waals surface area contributed by atoms with Gasteiger partial charge < -0.3 is 9.84 Å². The van der Waals surface area contributed by atoms with E-state index in [0.717, 1.165) is 23.3 Å². The number of para-hydroxylation sites is 1. The molecule has 104 valence electrons. The van der Waals surface area contributed by atoms with Crippen molar-refractivity contribution >= 4 is 17.6 Å². The first kappa shape index (κ1) is 14.4. The quantitative estimate of drug-likeness (QED) is 0.882. The lowest BCUT2D eigenvalue weighted by Gasteiger charge is -2.11. The Morgan fingerprint density at radius 2 is 2.00 bits per heavy atom. The Bertz CT molecular complexity index is 623. The van der Waals surface area contributed by atoms with Gasteiger partial charge in [-0.25, -0.2) is 4.79 Å². The summed E-state index contributed by atoms with van der Waals surface area (Å²) in [5, 5.41) is 9.36. The van der Waals surface area contributed by atoms with Crippen molar-refractivity contribution in [2.75, 3.05) is 6.61 Å². The van der Waals surface area contributed by atoms with E-state index in [4.69, 9.17) is 21.4 Å². The number of aromatic carboxylic acids is 1. The number of hydrogen-bond donors (Lipinski definition) is 1. The van der Waals surface area contributed by atoms with Crippen LogP contribution in [0, 0.1) is 0 Å². The first-order valence-electron chi connectivity index (χ1n) is 6.38. The van der Waals surface area contributed by atoms with Crippen LogP contribution < -0.4 is 4.74 Å². The van der Waals surface area contributed by atoms with E-state index in [0.29, 0.717) is 6.61 Å². The fourth-order valence-electron chi connectivity index (χ4n) is 1.90. The summed E-state index contributed by atoms with van der Waals surface area (Å²) in [4.78, 5) is 11.1. The molecule has 0 unspecified atom stereocenters. The predicted octanol–water partition coefficient (Wildman–Crippen LogP) is 4.49. The molecule has 0 amide bonds. The van der Waals surface area contributed by atoms with Gasteiger partial charge in [-0.1, -0.05) is 42.8 Å². The molecule has 2 aromatic rings. The molecule has 0 atom stereocenters. The number of halogens is 1. The average Bonchev–Trinajstić information content (AvgIpc) is 2.46. The maximum atomic E-state index is 11.1. The summed E-state index contributed by atoms with van der Waals surface area (Å²) in [6, 6.07) is 12.5. The number of ether oxygens (including phenoxy) is 1. The summed E-state index contributed by atoms with van der Waals surface area (Å²) in [5.41, 5.74) is 1.73. The van der Waals surface area contributed by atoms with Gasteiger partial charge in [-0.15, -0.1) is 0 Å². The van der Waals surface area contributed by atoms with Gasteiger partial charge >= 0.3 is 5.97 Å². The van der Waals surface area contributed by atoms with Crippen molar-refractivity contribution in [3.8, 4) is 16.9 Å². The fraction of sp³-hybridized carbons (Fsp3) is 0.188. The maximum absolute atomic E-state index is 11.1. The van der Waals surface area contributed by atoms with Crippen LogP contribution in [0.4, 0.5) is 0 Å². The van der Waals surface area contributed by atoms with E-state index in [2.05, 4.69) is 0 Å². The third kappa shape index (κ3) is 3.11. The topological polar surface area (TPSA) is 46.5 Å². The van der Waals surface area contributed by atoms with Gasteiger partial charge in [0.25, 0.3) is 0 Å². The predicted molar refractivity (Wildman–Crippen MR) is 79.6 cm³/mol. The van der Waals surface area contributed by atoms with Crippen LogP contribution in [0.2, 0.25) is 5.02 Å². The van der Waals surface area contributed by atoms with Crippen molar-refractivity contribution in [2.45, 2.75) is 13.3 Å². The number of carbonyl (C=O) groups is 1. The van der Waals surface area contributed by atoms with Gasteiger partial charge in [-0.05, 0) is 30.2 Å². The summed E-state index contributed by atoms with van der Waals surface area (Å²) in [7, 11) is 0. The average molecular weight is 291 g/mol. The van der Waals surface area contributed by atoms with Crippen LogP contribution in [0.25, 0.3) is 11.1 Å². The lowest BCUT2D eigenvalue weighted by atomic mass is 10.0. The zero-order valence-corrected chi connectivity index (χ0v) is 11.9. The molecule has 0 saturated carbocycles. The van der Waals surface area contributed by atoms with E-state index in [1.165, 1.54) is 0 Å². The van der Waals surface area contributed by atoms with Crippen LogP contribution in [0.3, 0.4) is 0 Å². The lowest BCUT2D eigenvalue weighted by molar-refractivity contribution is 0.0697. The first-order chi connectivity index (χ1) is 9.63. The molecule has 1 N–H and O–H groups in total. The van der Waals surface area contributed by atoms with Crippen LogP contribution in [-0.4, -0.2) is 17.7 Å². The molecule has 0 saturated heterocycles.